The number of carbonyl (C=O) groups excluding carboxylic acids is 3. The number of hydrogen-bond donors (Lipinski definition) is 0. The molecule has 0 aromatic carbocycles. The number of rotatable bonds is 48. The summed E-state index contributed by atoms with van der Waals surface area (Å²) in [6.07, 6.45) is 55.9. The number of ether oxygens (including phenoxy) is 3. The summed E-state index contributed by atoms with van der Waals surface area (Å²) in [6, 6.07) is 0. The topological polar surface area (TPSA) is 78.9 Å². The van der Waals surface area contributed by atoms with Gasteiger partial charge in [0.25, 0.3) is 0 Å². The summed E-state index contributed by atoms with van der Waals surface area (Å²) < 4.78 is 16.8. The number of hydrogen-bond acceptors (Lipinski definition) is 6. The van der Waals surface area contributed by atoms with Gasteiger partial charge in [-0.25, -0.2) is 0 Å². The van der Waals surface area contributed by atoms with Crippen molar-refractivity contribution in [3.8, 4) is 0 Å². The standard InChI is InChI=1S/C54H100O6/c1-4-7-10-13-16-19-22-24-26-28-29-32-35-38-41-44-47-53(56)59-50-51(49-58-52(55)46-43-40-37-34-31-21-18-15-12-9-6-3)60-54(57)48-45-42-39-36-33-30-27-25-23-20-17-14-11-8-5-2/h15,18,26,28,51H,4-14,16-17,19-25,27,29-50H2,1-3H3/b18-15-,28-26-/t51-/m1/s1. The molecule has 352 valence electrons. The first-order valence-corrected chi connectivity index (χ1v) is 26.3. The fourth-order valence-corrected chi connectivity index (χ4v) is 7.65. The average Bonchev–Trinajstić information content (AvgIpc) is 3.24. The lowest BCUT2D eigenvalue weighted by Gasteiger charge is -2.18. The average molecular weight is 845 g/mol. The summed E-state index contributed by atoms with van der Waals surface area (Å²) in [4.78, 5) is 37.9. The van der Waals surface area contributed by atoms with E-state index in [0.29, 0.717) is 19.3 Å². The molecular weight excluding hydrogens is 745 g/mol. The second-order valence-electron chi connectivity index (χ2n) is 17.8. The van der Waals surface area contributed by atoms with Crippen LogP contribution in [-0.4, -0.2) is 37.2 Å². The van der Waals surface area contributed by atoms with E-state index in [1.807, 2.05) is 0 Å². The van der Waals surface area contributed by atoms with Crippen LogP contribution in [-0.2, 0) is 28.6 Å². The smallest absolute Gasteiger partial charge is 0.306 e. The molecule has 6 heteroatoms. The zero-order chi connectivity index (χ0) is 43.7. The van der Waals surface area contributed by atoms with E-state index in [0.717, 1.165) is 70.6 Å². The van der Waals surface area contributed by atoms with Crippen LogP contribution < -0.4 is 0 Å². The molecule has 0 amide bonds. The highest BCUT2D eigenvalue weighted by molar-refractivity contribution is 5.71. The van der Waals surface area contributed by atoms with Crippen LogP contribution in [0.4, 0.5) is 0 Å². The monoisotopic (exact) mass is 845 g/mol. The molecule has 0 radical (unpaired) electrons. The molecule has 0 heterocycles. The molecular formula is C54H100O6. The lowest BCUT2D eigenvalue weighted by Crippen LogP contribution is -2.30. The summed E-state index contributed by atoms with van der Waals surface area (Å²) in [5.74, 6) is -0.878. The Balaban J connectivity index is 4.34. The van der Waals surface area contributed by atoms with Crippen molar-refractivity contribution in [3.05, 3.63) is 24.3 Å². The van der Waals surface area contributed by atoms with E-state index >= 15 is 0 Å². The Hall–Kier alpha value is -2.11. The van der Waals surface area contributed by atoms with Gasteiger partial charge >= 0.3 is 17.9 Å². The maximum Gasteiger partial charge on any atom is 0.306 e. The van der Waals surface area contributed by atoms with Crippen molar-refractivity contribution in [2.75, 3.05) is 13.2 Å². The Bertz CT molecular complexity index is 973. The maximum absolute atomic E-state index is 12.8. The van der Waals surface area contributed by atoms with E-state index in [4.69, 9.17) is 14.2 Å². The highest BCUT2D eigenvalue weighted by Gasteiger charge is 2.19. The van der Waals surface area contributed by atoms with Gasteiger partial charge in [-0.15, -0.1) is 0 Å². The third-order valence-electron chi connectivity index (χ3n) is 11.7. The van der Waals surface area contributed by atoms with Gasteiger partial charge in [-0.1, -0.05) is 225 Å². The van der Waals surface area contributed by atoms with Crippen molar-refractivity contribution in [3.63, 3.8) is 0 Å². The van der Waals surface area contributed by atoms with Crippen LogP contribution in [0.3, 0.4) is 0 Å². The lowest BCUT2D eigenvalue weighted by molar-refractivity contribution is -0.167. The molecule has 0 aliphatic heterocycles. The molecule has 0 bridgehead atoms. The van der Waals surface area contributed by atoms with Gasteiger partial charge in [0.2, 0.25) is 0 Å². The molecule has 0 aromatic rings. The van der Waals surface area contributed by atoms with E-state index in [9.17, 15) is 14.4 Å². The summed E-state index contributed by atoms with van der Waals surface area (Å²) in [6.45, 7) is 6.61. The second kappa shape index (κ2) is 49.5. The SMILES string of the molecule is CCCC/C=C\CCCCCCCC(=O)OC[C@H](COC(=O)CCCCCCC/C=C\CCCCCCCCC)OC(=O)CCCCCCCCCCCCCCCCC. The van der Waals surface area contributed by atoms with Crippen molar-refractivity contribution in [1.82, 2.24) is 0 Å². The first-order chi connectivity index (χ1) is 29.5. The van der Waals surface area contributed by atoms with E-state index in [-0.39, 0.29) is 31.1 Å². The van der Waals surface area contributed by atoms with Gasteiger partial charge in [0.05, 0.1) is 0 Å². The van der Waals surface area contributed by atoms with Crippen LogP contribution in [0.25, 0.3) is 0 Å². The minimum Gasteiger partial charge on any atom is -0.462 e. The predicted octanol–water partition coefficient (Wildman–Crippen LogP) is 17.2. The van der Waals surface area contributed by atoms with Crippen molar-refractivity contribution in [2.24, 2.45) is 0 Å². The van der Waals surface area contributed by atoms with Crippen LogP contribution in [0.15, 0.2) is 24.3 Å². The molecule has 0 fully saturated rings. The quantitative estimate of drug-likeness (QED) is 0.0263. The third kappa shape index (κ3) is 46.9. The van der Waals surface area contributed by atoms with Crippen molar-refractivity contribution >= 4 is 17.9 Å². The fraction of sp³-hybridized carbons (Fsp3) is 0.870. The first-order valence-electron chi connectivity index (χ1n) is 26.3. The Labute approximate surface area is 373 Å². The normalized spacial score (nSPS) is 12.1. The molecule has 0 aliphatic carbocycles. The van der Waals surface area contributed by atoms with E-state index in [2.05, 4.69) is 45.1 Å². The maximum atomic E-state index is 12.8. The summed E-state index contributed by atoms with van der Waals surface area (Å²) in [5.41, 5.74) is 0. The minimum atomic E-state index is -0.772. The molecule has 6 nitrogen and oxygen atoms in total. The van der Waals surface area contributed by atoms with E-state index in [1.54, 1.807) is 0 Å². The lowest BCUT2D eigenvalue weighted by atomic mass is 10.0. The van der Waals surface area contributed by atoms with Gasteiger partial charge < -0.3 is 14.2 Å². The van der Waals surface area contributed by atoms with Gasteiger partial charge in [-0.3, -0.25) is 14.4 Å². The minimum absolute atomic E-state index is 0.0746. The molecule has 0 aliphatic rings. The summed E-state index contributed by atoms with van der Waals surface area (Å²) in [5, 5.41) is 0. The third-order valence-corrected chi connectivity index (χ3v) is 11.7. The van der Waals surface area contributed by atoms with E-state index < -0.39 is 6.10 Å². The molecule has 0 aromatic heterocycles. The van der Waals surface area contributed by atoms with Crippen LogP contribution >= 0.6 is 0 Å². The van der Waals surface area contributed by atoms with Gasteiger partial charge in [-0.2, -0.15) is 0 Å². The van der Waals surface area contributed by atoms with Crippen LogP contribution in [0.5, 0.6) is 0 Å². The first kappa shape index (κ1) is 57.9. The second-order valence-corrected chi connectivity index (χ2v) is 17.8. The number of allylic oxidation sites excluding steroid dienone is 4. The fourth-order valence-electron chi connectivity index (χ4n) is 7.65. The zero-order valence-corrected chi connectivity index (χ0v) is 40.2. The Morgan fingerprint density at radius 3 is 0.883 bits per heavy atom. The predicted molar refractivity (Wildman–Crippen MR) is 256 cm³/mol. The van der Waals surface area contributed by atoms with E-state index in [1.165, 1.54) is 173 Å². The van der Waals surface area contributed by atoms with Gasteiger partial charge in [0, 0.05) is 19.3 Å². The number of carbonyl (C=O) groups is 3. The van der Waals surface area contributed by atoms with Crippen LogP contribution in [0, 0.1) is 0 Å². The number of esters is 3. The highest BCUT2D eigenvalue weighted by Crippen LogP contribution is 2.16. The molecule has 0 rings (SSSR count). The Kier molecular flexibility index (Phi) is 47.8. The molecule has 0 saturated heterocycles. The Morgan fingerprint density at radius 1 is 0.317 bits per heavy atom. The Morgan fingerprint density at radius 2 is 0.567 bits per heavy atom. The summed E-state index contributed by atoms with van der Waals surface area (Å²) >= 11 is 0. The molecule has 1 atom stereocenters. The molecule has 0 unspecified atom stereocenters. The number of unbranched alkanes of at least 4 members (excludes halogenated alkanes) is 33. The summed E-state index contributed by atoms with van der Waals surface area (Å²) in [7, 11) is 0. The van der Waals surface area contributed by atoms with Crippen molar-refractivity contribution in [1.29, 1.82) is 0 Å². The molecule has 60 heavy (non-hydrogen) atoms. The van der Waals surface area contributed by atoms with Crippen LogP contribution in [0.2, 0.25) is 0 Å². The van der Waals surface area contributed by atoms with Crippen molar-refractivity contribution in [2.45, 2.75) is 290 Å². The highest BCUT2D eigenvalue weighted by atomic mass is 16.6. The molecule has 0 saturated carbocycles. The molecule has 0 spiro atoms. The van der Waals surface area contributed by atoms with Gasteiger partial charge in [0.15, 0.2) is 6.10 Å². The van der Waals surface area contributed by atoms with Gasteiger partial charge in [0.1, 0.15) is 13.2 Å². The van der Waals surface area contributed by atoms with Gasteiger partial charge in [-0.05, 0) is 64.2 Å². The van der Waals surface area contributed by atoms with Crippen LogP contribution in [0.1, 0.15) is 284 Å². The zero-order valence-electron chi connectivity index (χ0n) is 40.2. The molecule has 0 N–H and O–H groups in total. The largest absolute Gasteiger partial charge is 0.462 e. The van der Waals surface area contributed by atoms with Crippen molar-refractivity contribution < 1.29 is 28.6 Å².